The molecular formula is C15H30N2. The standard InChI is InChI=1S/C15H30N2/c1-12(2)14-6-9-17(10-7-14)11-8-16-13(3)15-4-5-15/h12-16H,4-11H2,1-3H3. The molecule has 0 aromatic rings. The van der Waals surface area contributed by atoms with E-state index >= 15 is 0 Å². The summed E-state index contributed by atoms with van der Waals surface area (Å²) in [6.45, 7) is 12.2. The minimum absolute atomic E-state index is 0.753. The molecule has 2 fully saturated rings. The van der Waals surface area contributed by atoms with E-state index in [9.17, 15) is 0 Å². The molecule has 0 amide bonds. The van der Waals surface area contributed by atoms with Crippen LogP contribution in [0.25, 0.3) is 0 Å². The highest BCUT2D eigenvalue weighted by atomic mass is 15.1. The summed E-state index contributed by atoms with van der Waals surface area (Å²) in [5, 5.41) is 3.68. The van der Waals surface area contributed by atoms with E-state index in [0.717, 1.165) is 23.8 Å². The summed E-state index contributed by atoms with van der Waals surface area (Å²) in [6.07, 6.45) is 5.73. The fourth-order valence-corrected chi connectivity index (χ4v) is 3.06. The van der Waals surface area contributed by atoms with Gasteiger partial charge in [-0.25, -0.2) is 0 Å². The molecule has 0 radical (unpaired) electrons. The third-order valence-corrected chi connectivity index (χ3v) is 4.80. The fraction of sp³-hybridized carbons (Fsp3) is 1.00. The van der Waals surface area contributed by atoms with Crippen molar-refractivity contribution in [2.75, 3.05) is 26.2 Å². The molecule has 1 saturated carbocycles. The number of hydrogen-bond donors (Lipinski definition) is 1. The van der Waals surface area contributed by atoms with Gasteiger partial charge < -0.3 is 10.2 Å². The number of piperidine rings is 1. The van der Waals surface area contributed by atoms with Crippen LogP contribution < -0.4 is 5.32 Å². The first-order valence-corrected chi connectivity index (χ1v) is 7.62. The van der Waals surface area contributed by atoms with E-state index in [0.29, 0.717) is 0 Å². The summed E-state index contributed by atoms with van der Waals surface area (Å²) in [4.78, 5) is 2.64. The van der Waals surface area contributed by atoms with Gasteiger partial charge in [0.25, 0.3) is 0 Å². The fourth-order valence-electron chi connectivity index (χ4n) is 3.06. The number of hydrogen-bond acceptors (Lipinski definition) is 2. The van der Waals surface area contributed by atoms with E-state index < -0.39 is 0 Å². The first-order valence-electron chi connectivity index (χ1n) is 7.62. The van der Waals surface area contributed by atoms with Gasteiger partial charge in [-0.05, 0) is 63.5 Å². The smallest absolute Gasteiger partial charge is 0.0107 e. The van der Waals surface area contributed by atoms with Crippen LogP contribution in [0.2, 0.25) is 0 Å². The Morgan fingerprint density at radius 1 is 1.00 bits per heavy atom. The second kappa shape index (κ2) is 6.19. The van der Waals surface area contributed by atoms with Crippen molar-refractivity contribution >= 4 is 0 Å². The lowest BCUT2D eigenvalue weighted by Gasteiger charge is -2.34. The zero-order chi connectivity index (χ0) is 12.3. The molecule has 1 atom stereocenters. The molecule has 2 rings (SSSR count). The van der Waals surface area contributed by atoms with Gasteiger partial charge in [-0.2, -0.15) is 0 Å². The van der Waals surface area contributed by atoms with Crippen LogP contribution in [0.3, 0.4) is 0 Å². The van der Waals surface area contributed by atoms with Crippen LogP contribution in [0.5, 0.6) is 0 Å². The Hall–Kier alpha value is -0.0800. The third kappa shape index (κ3) is 4.26. The predicted molar refractivity (Wildman–Crippen MR) is 74.2 cm³/mol. The molecule has 0 spiro atoms. The maximum Gasteiger partial charge on any atom is 0.0107 e. The third-order valence-electron chi connectivity index (χ3n) is 4.80. The molecule has 1 heterocycles. The van der Waals surface area contributed by atoms with E-state index in [1.807, 2.05) is 0 Å². The van der Waals surface area contributed by atoms with Gasteiger partial charge in [-0.3, -0.25) is 0 Å². The number of likely N-dealkylation sites (tertiary alicyclic amines) is 1. The van der Waals surface area contributed by atoms with Crippen molar-refractivity contribution in [2.24, 2.45) is 17.8 Å². The molecule has 0 bridgehead atoms. The summed E-state index contributed by atoms with van der Waals surface area (Å²) in [6, 6.07) is 0.753. The van der Waals surface area contributed by atoms with E-state index in [1.165, 1.54) is 51.9 Å². The van der Waals surface area contributed by atoms with Gasteiger partial charge in [0, 0.05) is 19.1 Å². The Morgan fingerprint density at radius 2 is 1.65 bits per heavy atom. The van der Waals surface area contributed by atoms with Crippen molar-refractivity contribution in [1.29, 1.82) is 0 Å². The Labute approximate surface area is 107 Å². The molecule has 1 aliphatic heterocycles. The van der Waals surface area contributed by atoms with Gasteiger partial charge in [0.05, 0.1) is 0 Å². The molecule has 1 saturated heterocycles. The maximum atomic E-state index is 3.68. The zero-order valence-corrected chi connectivity index (χ0v) is 11.9. The average molecular weight is 238 g/mol. The molecule has 1 N–H and O–H groups in total. The van der Waals surface area contributed by atoms with Gasteiger partial charge in [0.1, 0.15) is 0 Å². The highest BCUT2D eigenvalue weighted by Crippen LogP contribution is 2.32. The largest absolute Gasteiger partial charge is 0.313 e. The van der Waals surface area contributed by atoms with Crippen molar-refractivity contribution in [2.45, 2.75) is 52.5 Å². The van der Waals surface area contributed by atoms with Crippen LogP contribution in [0.15, 0.2) is 0 Å². The molecular weight excluding hydrogens is 208 g/mol. The van der Waals surface area contributed by atoms with Crippen molar-refractivity contribution in [3.63, 3.8) is 0 Å². The molecule has 0 aromatic carbocycles. The first-order chi connectivity index (χ1) is 8.16. The molecule has 1 unspecified atom stereocenters. The molecule has 1 aliphatic carbocycles. The minimum atomic E-state index is 0.753. The van der Waals surface area contributed by atoms with Crippen LogP contribution in [0.1, 0.15) is 46.5 Å². The average Bonchev–Trinajstić information content (AvgIpc) is 3.13. The van der Waals surface area contributed by atoms with Gasteiger partial charge >= 0.3 is 0 Å². The van der Waals surface area contributed by atoms with Gasteiger partial charge in [0.15, 0.2) is 0 Å². The lowest BCUT2D eigenvalue weighted by molar-refractivity contribution is 0.157. The summed E-state index contributed by atoms with van der Waals surface area (Å²) in [7, 11) is 0. The van der Waals surface area contributed by atoms with Crippen LogP contribution >= 0.6 is 0 Å². The summed E-state index contributed by atoms with van der Waals surface area (Å²) >= 11 is 0. The maximum absolute atomic E-state index is 3.68. The van der Waals surface area contributed by atoms with Gasteiger partial charge in [-0.15, -0.1) is 0 Å². The summed E-state index contributed by atoms with van der Waals surface area (Å²) in [5.41, 5.74) is 0. The lowest BCUT2D eigenvalue weighted by Crippen LogP contribution is -2.41. The summed E-state index contributed by atoms with van der Waals surface area (Å²) in [5.74, 6) is 2.84. The Bertz CT molecular complexity index is 215. The Kier molecular flexibility index (Phi) is 4.87. The normalized spacial score (nSPS) is 25.4. The van der Waals surface area contributed by atoms with Crippen molar-refractivity contribution in [3.05, 3.63) is 0 Å². The Balaban J connectivity index is 1.55. The van der Waals surface area contributed by atoms with E-state index in [-0.39, 0.29) is 0 Å². The Morgan fingerprint density at radius 3 is 2.18 bits per heavy atom. The molecule has 0 aromatic heterocycles. The number of rotatable bonds is 6. The predicted octanol–water partition coefficient (Wildman–Crippen LogP) is 2.74. The van der Waals surface area contributed by atoms with Crippen molar-refractivity contribution < 1.29 is 0 Å². The van der Waals surface area contributed by atoms with Gasteiger partial charge in [0.2, 0.25) is 0 Å². The summed E-state index contributed by atoms with van der Waals surface area (Å²) < 4.78 is 0. The van der Waals surface area contributed by atoms with Crippen LogP contribution in [0, 0.1) is 17.8 Å². The second-order valence-corrected chi connectivity index (χ2v) is 6.50. The highest BCUT2D eigenvalue weighted by Gasteiger charge is 2.27. The molecule has 2 nitrogen and oxygen atoms in total. The first kappa shape index (κ1) is 13.4. The second-order valence-electron chi connectivity index (χ2n) is 6.50. The highest BCUT2D eigenvalue weighted by molar-refractivity contribution is 4.83. The zero-order valence-electron chi connectivity index (χ0n) is 11.9. The van der Waals surface area contributed by atoms with E-state index in [4.69, 9.17) is 0 Å². The molecule has 17 heavy (non-hydrogen) atoms. The topological polar surface area (TPSA) is 15.3 Å². The van der Waals surface area contributed by atoms with Crippen LogP contribution in [0.4, 0.5) is 0 Å². The number of nitrogens with zero attached hydrogens (tertiary/aromatic N) is 1. The van der Waals surface area contributed by atoms with Gasteiger partial charge in [-0.1, -0.05) is 13.8 Å². The van der Waals surface area contributed by atoms with Crippen molar-refractivity contribution in [1.82, 2.24) is 10.2 Å². The number of nitrogens with one attached hydrogen (secondary N) is 1. The monoisotopic (exact) mass is 238 g/mol. The van der Waals surface area contributed by atoms with Crippen LogP contribution in [-0.2, 0) is 0 Å². The van der Waals surface area contributed by atoms with E-state index in [1.54, 1.807) is 0 Å². The van der Waals surface area contributed by atoms with E-state index in [2.05, 4.69) is 31.0 Å². The van der Waals surface area contributed by atoms with Crippen molar-refractivity contribution in [3.8, 4) is 0 Å². The van der Waals surface area contributed by atoms with Crippen LogP contribution in [-0.4, -0.2) is 37.1 Å². The molecule has 100 valence electrons. The molecule has 2 aliphatic rings. The molecule has 2 heteroatoms. The minimum Gasteiger partial charge on any atom is -0.313 e. The quantitative estimate of drug-likeness (QED) is 0.765. The lowest BCUT2D eigenvalue weighted by atomic mass is 9.87. The SMILES string of the molecule is CC(C)C1CCN(CCNC(C)C2CC2)CC1.